The van der Waals surface area contributed by atoms with Crippen molar-refractivity contribution in [2.24, 2.45) is 4.99 Å². The van der Waals surface area contributed by atoms with Crippen LogP contribution in [-0.4, -0.2) is 66.6 Å². The van der Waals surface area contributed by atoms with Crippen molar-refractivity contribution in [1.29, 1.82) is 0 Å². The van der Waals surface area contributed by atoms with Gasteiger partial charge in [-0.3, -0.25) is 4.90 Å². The van der Waals surface area contributed by atoms with Crippen molar-refractivity contribution in [3.05, 3.63) is 53.9 Å². The number of aryl methyl sites for hydroxylation is 1. The molecule has 0 spiro atoms. The number of nitrogens with zero attached hydrogens (tertiary/aromatic N) is 5. The van der Waals surface area contributed by atoms with Crippen LogP contribution < -0.4 is 15.5 Å². The molecule has 1 aliphatic rings. The molecule has 0 amide bonds. The Balaban J connectivity index is 1.41. The molecule has 0 saturated carbocycles. The predicted molar refractivity (Wildman–Crippen MR) is 115 cm³/mol. The van der Waals surface area contributed by atoms with Gasteiger partial charge in [-0.1, -0.05) is 29.8 Å². The van der Waals surface area contributed by atoms with Crippen LogP contribution in [-0.2, 0) is 6.54 Å². The van der Waals surface area contributed by atoms with E-state index in [1.807, 2.05) is 6.07 Å². The highest BCUT2D eigenvalue weighted by molar-refractivity contribution is 5.79. The Morgan fingerprint density at radius 1 is 1.07 bits per heavy atom. The van der Waals surface area contributed by atoms with E-state index < -0.39 is 0 Å². The van der Waals surface area contributed by atoms with E-state index in [1.54, 1.807) is 12.4 Å². The third-order valence-electron chi connectivity index (χ3n) is 4.77. The van der Waals surface area contributed by atoms with Gasteiger partial charge in [0.1, 0.15) is 0 Å². The average molecular weight is 382 g/mol. The van der Waals surface area contributed by atoms with Gasteiger partial charge in [0.2, 0.25) is 5.95 Å². The fourth-order valence-corrected chi connectivity index (χ4v) is 3.28. The van der Waals surface area contributed by atoms with E-state index in [2.05, 4.69) is 68.5 Å². The molecule has 3 rings (SSSR count). The summed E-state index contributed by atoms with van der Waals surface area (Å²) in [5.41, 5.74) is 2.50. The molecule has 0 radical (unpaired) electrons. The number of benzene rings is 1. The molecular formula is C21H31N7. The fourth-order valence-electron chi connectivity index (χ4n) is 3.28. The molecule has 28 heavy (non-hydrogen) atoms. The minimum absolute atomic E-state index is 0.687. The van der Waals surface area contributed by atoms with E-state index >= 15 is 0 Å². The van der Waals surface area contributed by atoms with Crippen molar-refractivity contribution >= 4 is 11.9 Å². The standard InChI is InChI=1S/C21H31N7/c1-3-22-20(26-17-19-7-4-6-18(2)16-19)23-10-11-27-12-14-28(15-13-27)21-24-8-5-9-25-21/h4-9,16H,3,10-15,17H2,1-2H3,(H2,22,23,26). The lowest BCUT2D eigenvalue weighted by atomic mass is 10.1. The number of hydrogen-bond acceptors (Lipinski definition) is 5. The highest BCUT2D eigenvalue weighted by Gasteiger charge is 2.18. The normalized spacial score (nSPS) is 15.5. The van der Waals surface area contributed by atoms with Crippen LogP contribution in [0.2, 0.25) is 0 Å². The zero-order valence-electron chi connectivity index (χ0n) is 16.9. The third kappa shape index (κ3) is 6.20. The maximum Gasteiger partial charge on any atom is 0.225 e. The summed E-state index contributed by atoms with van der Waals surface area (Å²) >= 11 is 0. The summed E-state index contributed by atoms with van der Waals surface area (Å²) in [5, 5.41) is 6.78. The zero-order valence-corrected chi connectivity index (χ0v) is 16.9. The lowest BCUT2D eigenvalue weighted by Gasteiger charge is -2.34. The molecule has 1 aromatic carbocycles. The topological polar surface area (TPSA) is 68.7 Å². The Bertz CT molecular complexity index is 739. The molecule has 1 aromatic heterocycles. The van der Waals surface area contributed by atoms with Gasteiger partial charge in [-0.2, -0.15) is 0 Å². The number of guanidine groups is 1. The maximum atomic E-state index is 4.71. The first-order valence-corrected chi connectivity index (χ1v) is 10.1. The second-order valence-corrected chi connectivity index (χ2v) is 6.99. The smallest absolute Gasteiger partial charge is 0.225 e. The molecule has 2 aromatic rings. The van der Waals surface area contributed by atoms with Crippen molar-refractivity contribution < 1.29 is 0 Å². The SMILES string of the molecule is CCNC(=NCc1cccc(C)c1)NCCN1CCN(c2ncccn2)CC1. The Morgan fingerprint density at radius 3 is 2.57 bits per heavy atom. The maximum absolute atomic E-state index is 4.71. The van der Waals surface area contributed by atoms with Crippen molar-refractivity contribution in [3.63, 3.8) is 0 Å². The largest absolute Gasteiger partial charge is 0.357 e. The van der Waals surface area contributed by atoms with Crippen LogP contribution in [0.3, 0.4) is 0 Å². The summed E-state index contributed by atoms with van der Waals surface area (Å²) in [5.74, 6) is 1.71. The summed E-state index contributed by atoms with van der Waals surface area (Å²) < 4.78 is 0. The fraction of sp³-hybridized carbons (Fsp3) is 0.476. The quantitative estimate of drug-likeness (QED) is 0.562. The van der Waals surface area contributed by atoms with Gasteiger partial charge >= 0.3 is 0 Å². The first-order chi connectivity index (χ1) is 13.7. The van der Waals surface area contributed by atoms with Crippen LogP contribution in [0.15, 0.2) is 47.7 Å². The number of nitrogens with one attached hydrogen (secondary N) is 2. The summed E-state index contributed by atoms with van der Waals surface area (Å²) in [6, 6.07) is 10.4. The Kier molecular flexibility index (Phi) is 7.61. The number of piperazine rings is 1. The summed E-state index contributed by atoms with van der Waals surface area (Å²) in [6.07, 6.45) is 3.61. The summed E-state index contributed by atoms with van der Waals surface area (Å²) in [6.45, 7) is 11.6. The van der Waals surface area contributed by atoms with E-state index in [0.717, 1.165) is 57.7 Å². The van der Waals surface area contributed by atoms with E-state index in [0.29, 0.717) is 6.54 Å². The molecule has 1 saturated heterocycles. The summed E-state index contributed by atoms with van der Waals surface area (Å²) in [7, 11) is 0. The van der Waals surface area contributed by atoms with Crippen molar-refractivity contribution in [2.45, 2.75) is 20.4 Å². The van der Waals surface area contributed by atoms with Crippen LogP contribution in [0.1, 0.15) is 18.1 Å². The molecule has 150 valence electrons. The van der Waals surface area contributed by atoms with E-state index in [9.17, 15) is 0 Å². The molecule has 2 N–H and O–H groups in total. The Hall–Kier alpha value is -2.67. The Labute approximate surface area is 167 Å². The zero-order chi connectivity index (χ0) is 19.6. The highest BCUT2D eigenvalue weighted by atomic mass is 15.3. The lowest BCUT2D eigenvalue weighted by molar-refractivity contribution is 0.260. The van der Waals surface area contributed by atoms with Crippen LogP contribution in [0.5, 0.6) is 0 Å². The molecule has 1 aliphatic heterocycles. The first-order valence-electron chi connectivity index (χ1n) is 10.1. The van der Waals surface area contributed by atoms with Crippen molar-refractivity contribution in [2.75, 3.05) is 50.7 Å². The van der Waals surface area contributed by atoms with Gasteiger partial charge in [-0.15, -0.1) is 0 Å². The molecule has 2 heterocycles. The van der Waals surface area contributed by atoms with E-state index in [4.69, 9.17) is 4.99 Å². The van der Waals surface area contributed by atoms with Gasteiger partial charge in [0.15, 0.2) is 5.96 Å². The van der Waals surface area contributed by atoms with Crippen LogP contribution >= 0.6 is 0 Å². The Morgan fingerprint density at radius 2 is 1.86 bits per heavy atom. The van der Waals surface area contributed by atoms with Gasteiger partial charge in [-0.05, 0) is 25.5 Å². The van der Waals surface area contributed by atoms with Gasteiger partial charge in [0.05, 0.1) is 6.54 Å². The van der Waals surface area contributed by atoms with E-state index in [1.165, 1.54) is 11.1 Å². The molecule has 0 bridgehead atoms. The van der Waals surface area contributed by atoms with Gasteiger partial charge in [-0.25, -0.2) is 15.0 Å². The second kappa shape index (κ2) is 10.6. The van der Waals surface area contributed by atoms with Gasteiger partial charge in [0, 0.05) is 58.2 Å². The minimum Gasteiger partial charge on any atom is -0.357 e. The molecule has 1 fully saturated rings. The van der Waals surface area contributed by atoms with Crippen LogP contribution in [0.4, 0.5) is 5.95 Å². The monoisotopic (exact) mass is 381 g/mol. The van der Waals surface area contributed by atoms with Gasteiger partial charge in [0.25, 0.3) is 0 Å². The number of anilines is 1. The number of hydrogen-bond donors (Lipinski definition) is 2. The molecule has 0 atom stereocenters. The predicted octanol–water partition coefficient (Wildman–Crippen LogP) is 1.66. The first kappa shape index (κ1) is 20.1. The van der Waals surface area contributed by atoms with Crippen molar-refractivity contribution in [1.82, 2.24) is 25.5 Å². The second-order valence-electron chi connectivity index (χ2n) is 6.99. The summed E-state index contributed by atoms with van der Waals surface area (Å²) in [4.78, 5) is 18.1. The molecule has 7 nitrogen and oxygen atoms in total. The van der Waals surface area contributed by atoms with Crippen LogP contribution in [0.25, 0.3) is 0 Å². The number of rotatable bonds is 7. The van der Waals surface area contributed by atoms with Crippen LogP contribution in [0, 0.1) is 6.92 Å². The molecule has 0 aliphatic carbocycles. The third-order valence-corrected chi connectivity index (χ3v) is 4.77. The van der Waals surface area contributed by atoms with Gasteiger partial charge < -0.3 is 15.5 Å². The van der Waals surface area contributed by atoms with E-state index in [-0.39, 0.29) is 0 Å². The molecular weight excluding hydrogens is 350 g/mol. The molecule has 0 unspecified atom stereocenters. The lowest BCUT2D eigenvalue weighted by Crippen LogP contribution is -2.49. The number of aliphatic imine (C=N–C) groups is 1. The average Bonchev–Trinajstić information content (AvgIpc) is 2.73. The number of aromatic nitrogens is 2. The van der Waals surface area contributed by atoms with Crippen molar-refractivity contribution in [3.8, 4) is 0 Å². The highest BCUT2D eigenvalue weighted by Crippen LogP contribution is 2.09. The minimum atomic E-state index is 0.687. The molecule has 7 heteroatoms.